The minimum absolute atomic E-state index is 0.0184. The fourth-order valence-electron chi connectivity index (χ4n) is 4.87. The van der Waals surface area contributed by atoms with Crippen molar-refractivity contribution in [2.45, 2.75) is 18.9 Å². The fourth-order valence-corrected chi connectivity index (χ4v) is 4.87. The Morgan fingerprint density at radius 2 is 1.76 bits per heavy atom. The van der Waals surface area contributed by atoms with E-state index in [9.17, 15) is 15.0 Å². The minimum atomic E-state index is -1.11. The predicted molar refractivity (Wildman–Crippen MR) is 144 cm³/mol. The molecule has 0 amide bonds. The van der Waals surface area contributed by atoms with Crippen LogP contribution >= 0.6 is 0 Å². The maximum atomic E-state index is 12.2. The lowest BCUT2D eigenvalue weighted by Crippen LogP contribution is -2.30. The number of benzene rings is 3. The first-order chi connectivity index (χ1) is 18.1. The Labute approximate surface area is 214 Å². The number of hydrogen-bond acceptors (Lipinski definition) is 6. The normalized spacial score (nSPS) is 12.2. The van der Waals surface area contributed by atoms with Crippen molar-refractivity contribution in [2.75, 3.05) is 20.1 Å². The molecule has 2 heterocycles. The van der Waals surface area contributed by atoms with Crippen LogP contribution in [0.2, 0.25) is 0 Å². The number of nitrogens with one attached hydrogen (secondary N) is 2. The van der Waals surface area contributed by atoms with Crippen molar-refractivity contribution >= 4 is 27.7 Å². The van der Waals surface area contributed by atoms with E-state index in [4.69, 9.17) is 4.42 Å². The fraction of sp³-hybridized carbons (Fsp3) is 0.200. The molecule has 0 saturated carbocycles. The van der Waals surface area contributed by atoms with Gasteiger partial charge in [-0.3, -0.25) is 4.98 Å². The van der Waals surface area contributed by atoms with E-state index in [1.807, 2.05) is 61.6 Å². The van der Waals surface area contributed by atoms with Crippen molar-refractivity contribution in [2.24, 2.45) is 0 Å². The van der Waals surface area contributed by atoms with E-state index >= 15 is 0 Å². The number of nitrogens with zero attached hydrogens (tertiary/aromatic N) is 1. The van der Waals surface area contributed by atoms with Gasteiger partial charge in [-0.15, -0.1) is 0 Å². The van der Waals surface area contributed by atoms with Gasteiger partial charge in [0.05, 0.1) is 6.04 Å². The van der Waals surface area contributed by atoms with Crippen LogP contribution in [0, 0.1) is 0 Å². The van der Waals surface area contributed by atoms with Crippen molar-refractivity contribution in [3.8, 4) is 5.75 Å². The SMILES string of the molecule is CNCCNC(c1ccnc(CCc2ccccc2)c1)c1c(O)c2ccccc2c2occ(C(=O)O)c12. The summed E-state index contributed by atoms with van der Waals surface area (Å²) in [6.07, 6.45) is 4.63. The zero-order valence-electron chi connectivity index (χ0n) is 20.6. The monoisotopic (exact) mass is 495 g/mol. The van der Waals surface area contributed by atoms with Crippen LogP contribution in [0.1, 0.15) is 38.8 Å². The Morgan fingerprint density at radius 1 is 1.00 bits per heavy atom. The molecule has 5 rings (SSSR count). The molecule has 0 bridgehead atoms. The highest BCUT2D eigenvalue weighted by molar-refractivity contribution is 6.15. The van der Waals surface area contributed by atoms with Crippen LogP contribution in [-0.2, 0) is 12.8 Å². The van der Waals surface area contributed by atoms with E-state index < -0.39 is 12.0 Å². The quantitative estimate of drug-likeness (QED) is 0.200. The lowest BCUT2D eigenvalue weighted by atomic mass is 9.90. The molecular formula is C30H29N3O4. The van der Waals surface area contributed by atoms with Crippen LogP contribution in [0.4, 0.5) is 0 Å². The number of pyridine rings is 1. The standard InChI is InChI=1S/C30H29N3O4/c1-31-15-16-33-27(20-13-14-32-21(17-20)12-11-19-7-3-2-4-8-19)26-25-24(30(35)36)18-37-29(25)23-10-6-5-9-22(23)28(26)34/h2-10,13-14,17-18,27,31,33-34H,11-12,15-16H2,1H3,(H,35,36). The molecule has 7 nitrogen and oxygen atoms in total. The number of hydrogen-bond donors (Lipinski definition) is 4. The Morgan fingerprint density at radius 3 is 2.51 bits per heavy atom. The molecule has 0 fully saturated rings. The summed E-state index contributed by atoms with van der Waals surface area (Å²) in [5, 5.41) is 29.9. The molecule has 5 aromatic rings. The molecule has 0 aliphatic rings. The second kappa shape index (κ2) is 10.8. The minimum Gasteiger partial charge on any atom is -0.507 e. The largest absolute Gasteiger partial charge is 0.507 e. The lowest BCUT2D eigenvalue weighted by molar-refractivity contribution is 0.0698. The molecule has 4 N–H and O–H groups in total. The molecule has 3 aromatic carbocycles. The van der Waals surface area contributed by atoms with Gasteiger partial charge in [0.2, 0.25) is 0 Å². The number of aryl methyl sites for hydroxylation is 2. The van der Waals surface area contributed by atoms with Gasteiger partial charge in [0.25, 0.3) is 0 Å². The average Bonchev–Trinajstić information content (AvgIpc) is 3.37. The number of aromatic hydroxyl groups is 1. The van der Waals surface area contributed by atoms with E-state index in [1.165, 1.54) is 11.8 Å². The first kappa shape index (κ1) is 24.5. The van der Waals surface area contributed by atoms with E-state index in [1.54, 1.807) is 6.20 Å². The molecule has 2 aromatic heterocycles. The maximum absolute atomic E-state index is 12.2. The molecular weight excluding hydrogens is 466 g/mol. The number of rotatable bonds is 10. The molecule has 0 aliphatic carbocycles. The first-order valence-corrected chi connectivity index (χ1v) is 12.3. The van der Waals surface area contributed by atoms with Crippen LogP contribution in [-0.4, -0.2) is 41.3 Å². The Balaban J connectivity index is 1.65. The highest BCUT2D eigenvalue weighted by atomic mass is 16.4. The maximum Gasteiger partial charge on any atom is 0.339 e. The van der Waals surface area contributed by atoms with Crippen LogP contribution in [0.5, 0.6) is 5.75 Å². The third-order valence-electron chi connectivity index (χ3n) is 6.67. The Hall–Kier alpha value is -4.20. The summed E-state index contributed by atoms with van der Waals surface area (Å²) in [6, 6.07) is 21.0. The van der Waals surface area contributed by atoms with Gasteiger partial charge in [-0.05, 0) is 43.1 Å². The van der Waals surface area contributed by atoms with Crippen molar-refractivity contribution in [1.29, 1.82) is 0 Å². The number of carboxylic acids is 1. The number of fused-ring (bicyclic) bond motifs is 3. The second-order valence-corrected chi connectivity index (χ2v) is 9.02. The third-order valence-corrected chi connectivity index (χ3v) is 6.67. The van der Waals surface area contributed by atoms with E-state index in [0.717, 1.165) is 24.1 Å². The molecule has 1 atom stereocenters. The van der Waals surface area contributed by atoms with E-state index in [0.29, 0.717) is 40.4 Å². The van der Waals surface area contributed by atoms with Crippen molar-refractivity contribution in [1.82, 2.24) is 15.6 Å². The molecule has 0 spiro atoms. The average molecular weight is 496 g/mol. The smallest absolute Gasteiger partial charge is 0.339 e. The number of furan rings is 1. The molecule has 0 aliphatic heterocycles. The highest BCUT2D eigenvalue weighted by Gasteiger charge is 2.28. The summed E-state index contributed by atoms with van der Waals surface area (Å²) in [5.74, 6) is -1.07. The van der Waals surface area contributed by atoms with Crippen LogP contribution < -0.4 is 10.6 Å². The van der Waals surface area contributed by atoms with Gasteiger partial charge in [0.1, 0.15) is 23.2 Å². The summed E-state index contributed by atoms with van der Waals surface area (Å²) in [6.45, 7) is 1.29. The van der Waals surface area contributed by atoms with Gasteiger partial charge >= 0.3 is 5.97 Å². The number of phenols is 1. The highest BCUT2D eigenvalue weighted by Crippen LogP contribution is 2.44. The van der Waals surface area contributed by atoms with Crippen molar-refractivity contribution in [3.63, 3.8) is 0 Å². The van der Waals surface area contributed by atoms with Crippen molar-refractivity contribution < 1.29 is 19.4 Å². The van der Waals surface area contributed by atoms with Gasteiger partial charge in [-0.2, -0.15) is 0 Å². The second-order valence-electron chi connectivity index (χ2n) is 9.02. The molecule has 1 unspecified atom stereocenters. The summed E-state index contributed by atoms with van der Waals surface area (Å²) in [5.41, 5.74) is 3.99. The molecule has 0 radical (unpaired) electrons. The summed E-state index contributed by atoms with van der Waals surface area (Å²) < 4.78 is 5.80. The zero-order chi connectivity index (χ0) is 25.8. The molecule has 37 heavy (non-hydrogen) atoms. The summed E-state index contributed by atoms with van der Waals surface area (Å²) in [4.78, 5) is 16.8. The number of likely N-dealkylation sites (N-methyl/N-ethyl adjacent to an activating group) is 1. The summed E-state index contributed by atoms with van der Waals surface area (Å²) >= 11 is 0. The Kier molecular flexibility index (Phi) is 7.16. The topological polar surface area (TPSA) is 108 Å². The van der Waals surface area contributed by atoms with Gasteiger partial charge in [0.15, 0.2) is 0 Å². The summed E-state index contributed by atoms with van der Waals surface area (Å²) in [7, 11) is 1.87. The first-order valence-electron chi connectivity index (χ1n) is 12.3. The number of phenolic OH excluding ortho intramolecular Hbond substituents is 1. The van der Waals surface area contributed by atoms with Crippen LogP contribution in [0.15, 0.2) is 83.6 Å². The van der Waals surface area contributed by atoms with E-state index in [-0.39, 0.29) is 11.3 Å². The molecule has 0 saturated heterocycles. The number of aromatic nitrogens is 1. The van der Waals surface area contributed by atoms with E-state index in [2.05, 4.69) is 27.8 Å². The predicted octanol–water partition coefficient (Wildman–Crippen LogP) is 5.07. The number of carboxylic acid groups (broad SMARTS) is 1. The van der Waals surface area contributed by atoms with Gasteiger partial charge in [-0.25, -0.2) is 4.79 Å². The third kappa shape index (κ3) is 4.91. The van der Waals surface area contributed by atoms with Gasteiger partial charge in [-0.1, -0.05) is 54.6 Å². The number of carbonyl (C=O) groups is 1. The molecule has 7 heteroatoms. The van der Waals surface area contributed by atoms with Crippen molar-refractivity contribution in [3.05, 3.63) is 107 Å². The van der Waals surface area contributed by atoms with Crippen LogP contribution in [0.3, 0.4) is 0 Å². The van der Waals surface area contributed by atoms with Gasteiger partial charge in [0, 0.05) is 46.7 Å². The Bertz CT molecular complexity index is 1550. The van der Waals surface area contributed by atoms with Gasteiger partial charge < -0.3 is 25.3 Å². The molecule has 188 valence electrons. The zero-order valence-corrected chi connectivity index (χ0v) is 20.6. The number of aromatic carboxylic acids is 1. The van der Waals surface area contributed by atoms with Crippen LogP contribution in [0.25, 0.3) is 21.7 Å². The lowest BCUT2D eigenvalue weighted by Gasteiger charge is -2.23.